The molecular weight excluding hydrogens is 240 g/mol. The summed E-state index contributed by atoms with van der Waals surface area (Å²) in [7, 11) is 0. The number of hydrogen-bond acceptors (Lipinski definition) is 2. The van der Waals surface area contributed by atoms with E-state index in [2.05, 4.69) is 9.97 Å². The van der Waals surface area contributed by atoms with Gasteiger partial charge < -0.3 is 10.1 Å². The van der Waals surface area contributed by atoms with Gasteiger partial charge in [-0.1, -0.05) is 36.4 Å². The number of aromatic amines is 1. The monoisotopic (exact) mass is 254 g/mol. The van der Waals surface area contributed by atoms with Gasteiger partial charge in [0.1, 0.15) is 0 Å². The van der Waals surface area contributed by atoms with Gasteiger partial charge in [0, 0.05) is 18.3 Å². The van der Waals surface area contributed by atoms with E-state index in [-0.39, 0.29) is 5.56 Å². The number of nitrogens with zero attached hydrogens (tertiary/aromatic N) is 1. The molecule has 1 aromatic carbocycles. The van der Waals surface area contributed by atoms with Gasteiger partial charge in [-0.25, -0.2) is 9.78 Å². The summed E-state index contributed by atoms with van der Waals surface area (Å²) in [5.41, 5.74) is 1.89. The van der Waals surface area contributed by atoms with Crippen LogP contribution in [0.4, 0.5) is 0 Å². The molecule has 0 atom stereocenters. The highest BCUT2D eigenvalue weighted by Crippen LogP contribution is 2.10. The normalized spacial score (nSPS) is 9.68. The molecule has 96 valence electrons. The van der Waals surface area contributed by atoms with Crippen LogP contribution in [0, 0.1) is 0 Å². The van der Waals surface area contributed by atoms with Crippen LogP contribution in [0.5, 0.6) is 0 Å². The van der Waals surface area contributed by atoms with Crippen molar-refractivity contribution < 1.29 is 9.90 Å². The van der Waals surface area contributed by atoms with Crippen molar-refractivity contribution in [2.45, 2.75) is 6.42 Å². The Kier molecular flexibility index (Phi) is 4.29. The first-order chi connectivity index (χ1) is 9.27. The highest BCUT2D eigenvalue weighted by molar-refractivity contribution is 5.88. The van der Waals surface area contributed by atoms with Gasteiger partial charge in [-0.2, -0.15) is 0 Å². The largest absolute Gasteiger partial charge is 0.478 e. The molecule has 2 aromatic rings. The molecule has 0 saturated carbocycles. The van der Waals surface area contributed by atoms with E-state index in [4.69, 9.17) is 0 Å². The van der Waals surface area contributed by atoms with Gasteiger partial charge in [0.25, 0.3) is 0 Å². The second-order valence-electron chi connectivity index (χ2n) is 3.98. The summed E-state index contributed by atoms with van der Waals surface area (Å²) in [5, 5.41) is 9.28. The molecule has 0 aliphatic heterocycles. The quantitative estimate of drug-likeness (QED) is 0.885. The third-order valence-electron chi connectivity index (χ3n) is 2.64. The number of hydrogen-bond donors (Lipinski definition) is 2. The molecule has 0 aliphatic rings. The lowest BCUT2D eigenvalue weighted by molar-refractivity contribution is 0.0695. The lowest BCUT2D eigenvalue weighted by Crippen LogP contribution is -2.03. The molecule has 2 rings (SSSR count). The van der Waals surface area contributed by atoms with Gasteiger partial charge in [-0.15, -0.1) is 0 Å². The van der Waals surface area contributed by atoms with Crippen LogP contribution in [0.1, 0.15) is 21.6 Å². The Labute approximate surface area is 111 Å². The second kappa shape index (κ2) is 6.35. The number of aromatic nitrogens is 2. The first-order valence-corrected chi connectivity index (χ1v) is 5.89. The van der Waals surface area contributed by atoms with E-state index in [9.17, 15) is 9.90 Å². The third-order valence-corrected chi connectivity index (χ3v) is 2.64. The topological polar surface area (TPSA) is 66.0 Å². The highest BCUT2D eigenvalue weighted by Gasteiger charge is 2.08. The van der Waals surface area contributed by atoms with Gasteiger partial charge in [-0.3, -0.25) is 0 Å². The zero-order valence-electron chi connectivity index (χ0n) is 10.3. The number of aromatic carboxylic acids is 1. The second-order valence-corrected chi connectivity index (χ2v) is 3.98. The average molecular weight is 254 g/mol. The molecular formula is C15H14N2O2. The van der Waals surface area contributed by atoms with E-state index in [1.165, 1.54) is 6.33 Å². The minimum absolute atomic E-state index is 0.238. The number of rotatable bonds is 3. The van der Waals surface area contributed by atoms with Crippen molar-refractivity contribution >= 4 is 5.97 Å². The molecule has 4 heteroatoms. The molecule has 0 fully saturated rings. The number of H-pyrrole nitrogens is 1. The van der Waals surface area contributed by atoms with E-state index in [0.717, 1.165) is 5.56 Å². The molecule has 0 amide bonds. The fraction of sp³-hybridized carbons (Fsp3) is 0.0667. The summed E-state index contributed by atoms with van der Waals surface area (Å²) < 4.78 is 0. The van der Waals surface area contributed by atoms with Gasteiger partial charge in [0.05, 0.1) is 11.9 Å². The third kappa shape index (κ3) is 3.67. The lowest BCUT2D eigenvalue weighted by Gasteiger charge is -2.03. The number of benzene rings is 1. The minimum atomic E-state index is -0.960. The van der Waals surface area contributed by atoms with Crippen molar-refractivity contribution in [2.75, 3.05) is 0 Å². The zero-order chi connectivity index (χ0) is 13.5. The highest BCUT2D eigenvalue weighted by atomic mass is 16.4. The van der Waals surface area contributed by atoms with Crippen LogP contribution in [0.3, 0.4) is 0 Å². The summed E-state index contributed by atoms with van der Waals surface area (Å²) in [6.07, 6.45) is 3.60. The first kappa shape index (κ1) is 12.8. The molecule has 0 aliphatic carbocycles. The van der Waals surface area contributed by atoms with Gasteiger partial charge in [0.15, 0.2) is 0 Å². The van der Waals surface area contributed by atoms with Crippen LogP contribution in [0.25, 0.3) is 0 Å². The van der Waals surface area contributed by atoms with Crippen molar-refractivity contribution in [1.82, 2.24) is 9.97 Å². The predicted molar refractivity (Wildman–Crippen MR) is 72.4 cm³/mol. The van der Waals surface area contributed by atoms with E-state index >= 15 is 0 Å². The van der Waals surface area contributed by atoms with Crippen LogP contribution in [0.2, 0.25) is 0 Å². The Morgan fingerprint density at radius 3 is 2.58 bits per heavy atom. The lowest BCUT2D eigenvalue weighted by atomic mass is 10.1. The fourth-order valence-electron chi connectivity index (χ4n) is 1.73. The van der Waals surface area contributed by atoms with Crippen LogP contribution in [-0.2, 0) is 6.42 Å². The summed E-state index contributed by atoms with van der Waals surface area (Å²) in [5.74, 6) is -0.960. The van der Waals surface area contributed by atoms with E-state index in [1.807, 2.05) is 30.3 Å². The first-order valence-electron chi connectivity index (χ1n) is 5.89. The maximum atomic E-state index is 11.3. The standard InChI is InChI=1S/C15H14N2O2/c18-15(19)13-8-4-5-9-16-11-17-14(13)10-12-6-2-1-3-7-12/h1-9,11H,10H2,(H,16,17)(H,18,19). The number of carboxylic acids is 1. The molecule has 0 bridgehead atoms. The van der Waals surface area contributed by atoms with Crippen LogP contribution < -0.4 is 0 Å². The van der Waals surface area contributed by atoms with Crippen molar-refractivity contribution in [1.29, 1.82) is 0 Å². The van der Waals surface area contributed by atoms with Crippen molar-refractivity contribution in [3.63, 3.8) is 0 Å². The molecule has 2 N–H and O–H groups in total. The fourth-order valence-corrected chi connectivity index (χ4v) is 1.73. The van der Waals surface area contributed by atoms with Crippen molar-refractivity contribution in [3.05, 3.63) is 77.9 Å². The van der Waals surface area contributed by atoms with Gasteiger partial charge in [-0.05, 0) is 17.7 Å². The Balaban J connectivity index is 2.49. The molecule has 0 radical (unpaired) electrons. The maximum Gasteiger partial charge on any atom is 0.337 e. The predicted octanol–water partition coefficient (Wildman–Crippen LogP) is 2.82. The molecule has 4 nitrogen and oxygen atoms in total. The van der Waals surface area contributed by atoms with Crippen LogP contribution in [0.15, 0.2) is 61.1 Å². The summed E-state index contributed by atoms with van der Waals surface area (Å²) in [6.45, 7) is 0. The Bertz CT molecular complexity index is 604. The summed E-state index contributed by atoms with van der Waals surface area (Å²) in [4.78, 5) is 18.2. The number of nitrogens with one attached hydrogen (secondary N) is 1. The van der Waals surface area contributed by atoms with Crippen molar-refractivity contribution in [3.8, 4) is 0 Å². The Morgan fingerprint density at radius 1 is 1.11 bits per heavy atom. The van der Waals surface area contributed by atoms with Crippen LogP contribution in [-0.4, -0.2) is 21.0 Å². The number of carboxylic acid groups (broad SMARTS) is 1. The van der Waals surface area contributed by atoms with Crippen molar-refractivity contribution in [2.24, 2.45) is 0 Å². The molecule has 1 aromatic heterocycles. The van der Waals surface area contributed by atoms with E-state index < -0.39 is 5.97 Å². The summed E-state index contributed by atoms with van der Waals surface area (Å²) >= 11 is 0. The zero-order valence-corrected chi connectivity index (χ0v) is 10.3. The summed E-state index contributed by atoms with van der Waals surface area (Å²) in [6, 6.07) is 14.6. The molecule has 0 spiro atoms. The van der Waals surface area contributed by atoms with E-state index in [0.29, 0.717) is 12.1 Å². The van der Waals surface area contributed by atoms with E-state index in [1.54, 1.807) is 24.4 Å². The Morgan fingerprint density at radius 2 is 1.84 bits per heavy atom. The minimum Gasteiger partial charge on any atom is -0.478 e. The average Bonchev–Trinajstić information content (AvgIpc) is 2.52. The molecule has 1 heterocycles. The number of carbonyl (C=O) groups is 1. The maximum absolute atomic E-state index is 11.3. The molecule has 0 unspecified atom stereocenters. The SMILES string of the molecule is O=C(O)c1ccccnc[nH]c1Cc1ccccc1. The van der Waals surface area contributed by atoms with Crippen LogP contribution >= 0.6 is 0 Å². The smallest absolute Gasteiger partial charge is 0.337 e. The Hall–Kier alpha value is -2.62. The molecule has 0 saturated heterocycles. The van der Waals surface area contributed by atoms with Gasteiger partial charge >= 0.3 is 5.97 Å². The molecule has 19 heavy (non-hydrogen) atoms. The van der Waals surface area contributed by atoms with Gasteiger partial charge in [0.2, 0.25) is 0 Å².